The Bertz CT molecular complexity index is 805. The van der Waals surface area contributed by atoms with Gasteiger partial charge in [-0.05, 0) is 24.6 Å². The van der Waals surface area contributed by atoms with Crippen LogP contribution in [0, 0.1) is 10.1 Å². The number of benzene rings is 2. The molecule has 2 N–H and O–H groups in total. The first kappa shape index (κ1) is 17.9. The topological polar surface area (TPSA) is 114 Å². The van der Waals surface area contributed by atoms with Gasteiger partial charge < -0.3 is 9.84 Å². The molecule has 8 nitrogen and oxygen atoms in total. The molecule has 0 atom stereocenters. The van der Waals surface area contributed by atoms with Crippen LogP contribution in [0.4, 0.5) is 5.69 Å². The van der Waals surface area contributed by atoms with Gasteiger partial charge in [0.1, 0.15) is 11.5 Å². The Balaban J connectivity index is 2.11. The van der Waals surface area contributed by atoms with Gasteiger partial charge in [-0.25, -0.2) is 5.43 Å². The van der Waals surface area contributed by atoms with E-state index in [4.69, 9.17) is 4.74 Å². The molecule has 0 bridgehead atoms. The molecule has 2 aromatic carbocycles. The normalized spacial score (nSPS) is 10.6. The Kier molecular flexibility index (Phi) is 6.05. The van der Waals surface area contributed by atoms with Gasteiger partial charge in [-0.15, -0.1) is 0 Å². The van der Waals surface area contributed by atoms with E-state index >= 15 is 0 Å². The van der Waals surface area contributed by atoms with E-state index in [2.05, 4.69) is 10.5 Å². The fraction of sp³-hybridized carbons (Fsp3) is 0.176. The highest BCUT2D eigenvalue weighted by Gasteiger charge is 2.12. The molecule has 0 radical (unpaired) electrons. The van der Waals surface area contributed by atoms with Crippen molar-refractivity contribution >= 4 is 17.8 Å². The highest BCUT2D eigenvalue weighted by Crippen LogP contribution is 2.21. The third-order valence-electron chi connectivity index (χ3n) is 3.19. The van der Waals surface area contributed by atoms with Crippen molar-refractivity contribution in [3.63, 3.8) is 0 Å². The molecule has 0 heterocycles. The number of nitro benzene ring substituents is 1. The predicted molar refractivity (Wildman–Crippen MR) is 92.0 cm³/mol. The molecule has 0 saturated carbocycles. The largest absolute Gasteiger partial charge is 0.507 e. The predicted octanol–water partition coefficient (Wildman–Crippen LogP) is 2.85. The molecular weight excluding hydrogens is 326 g/mol. The number of para-hydroxylation sites is 1. The summed E-state index contributed by atoms with van der Waals surface area (Å²) in [5, 5.41) is 24.2. The van der Waals surface area contributed by atoms with Crippen molar-refractivity contribution in [1.29, 1.82) is 0 Å². The van der Waals surface area contributed by atoms with Crippen LogP contribution in [-0.2, 0) is 0 Å². The lowest BCUT2D eigenvalue weighted by Crippen LogP contribution is -2.18. The molecule has 0 spiro atoms. The van der Waals surface area contributed by atoms with Crippen LogP contribution >= 0.6 is 0 Å². The molecule has 0 saturated heterocycles. The maximum Gasteiger partial charge on any atom is 0.275 e. The number of nitrogens with zero attached hydrogens (tertiary/aromatic N) is 2. The first-order chi connectivity index (χ1) is 12.0. The molecule has 25 heavy (non-hydrogen) atoms. The molecule has 8 heteroatoms. The summed E-state index contributed by atoms with van der Waals surface area (Å²) in [5.41, 5.74) is 2.55. The van der Waals surface area contributed by atoms with E-state index in [1.807, 2.05) is 6.92 Å². The molecule has 1 amide bonds. The summed E-state index contributed by atoms with van der Waals surface area (Å²) >= 11 is 0. The van der Waals surface area contributed by atoms with Crippen LogP contribution in [0.2, 0.25) is 0 Å². The van der Waals surface area contributed by atoms with E-state index < -0.39 is 10.8 Å². The van der Waals surface area contributed by atoms with Gasteiger partial charge in [0.2, 0.25) is 0 Å². The number of aromatic hydroxyl groups is 1. The summed E-state index contributed by atoms with van der Waals surface area (Å²) in [6, 6.07) is 10.3. The highest BCUT2D eigenvalue weighted by molar-refractivity contribution is 5.97. The van der Waals surface area contributed by atoms with E-state index in [-0.39, 0.29) is 17.0 Å². The number of hydrazone groups is 1. The lowest BCUT2D eigenvalue weighted by molar-refractivity contribution is -0.384. The van der Waals surface area contributed by atoms with E-state index in [1.54, 1.807) is 24.3 Å². The van der Waals surface area contributed by atoms with Crippen LogP contribution in [0.5, 0.6) is 11.5 Å². The van der Waals surface area contributed by atoms with Crippen molar-refractivity contribution in [1.82, 2.24) is 5.43 Å². The standard InChI is InChI=1S/C17H17N3O5/c1-2-9-25-16-6-4-3-5-14(16)17(22)19-18-11-12-10-13(20(23)24)7-8-15(12)21/h3-8,10-11,21H,2,9H2,1H3,(H,19,22). The monoisotopic (exact) mass is 343 g/mol. The van der Waals surface area contributed by atoms with Crippen molar-refractivity contribution in [2.75, 3.05) is 6.61 Å². The number of phenols is 1. The third kappa shape index (κ3) is 4.77. The van der Waals surface area contributed by atoms with Gasteiger partial charge in [0.05, 0.1) is 23.3 Å². The number of nitro groups is 1. The zero-order valence-electron chi connectivity index (χ0n) is 13.5. The average Bonchev–Trinajstić information content (AvgIpc) is 2.61. The van der Waals surface area contributed by atoms with Gasteiger partial charge >= 0.3 is 0 Å². The summed E-state index contributed by atoms with van der Waals surface area (Å²) in [7, 11) is 0. The van der Waals surface area contributed by atoms with Crippen LogP contribution in [0.15, 0.2) is 47.6 Å². The first-order valence-electron chi connectivity index (χ1n) is 7.55. The lowest BCUT2D eigenvalue weighted by Gasteiger charge is -2.09. The van der Waals surface area contributed by atoms with Crippen molar-refractivity contribution in [2.24, 2.45) is 5.10 Å². The molecule has 2 aromatic rings. The minimum absolute atomic E-state index is 0.116. The Labute approximate surface area is 143 Å². The van der Waals surface area contributed by atoms with Crippen LogP contribution < -0.4 is 10.2 Å². The SMILES string of the molecule is CCCOc1ccccc1C(=O)NN=Cc1cc([N+](=O)[O-])ccc1O. The number of phenolic OH excluding ortho intramolecular Hbond substituents is 1. The smallest absolute Gasteiger partial charge is 0.275 e. The number of amides is 1. The van der Waals surface area contributed by atoms with Crippen LogP contribution in [-0.4, -0.2) is 28.8 Å². The molecule has 0 fully saturated rings. The van der Waals surface area contributed by atoms with Crippen LogP contribution in [0.1, 0.15) is 29.3 Å². The van der Waals surface area contributed by atoms with Gasteiger partial charge in [-0.1, -0.05) is 19.1 Å². The molecule has 0 aliphatic carbocycles. The van der Waals surface area contributed by atoms with E-state index in [9.17, 15) is 20.0 Å². The van der Waals surface area contributed by atoms with E-state index in [0.717, 1.165) is 18.7 Å². The zero-order valence-corrected chi connectivity index (χ0v) is 13.5. The van der Waals surface area contributed by atoms with Crippen molar-refractivity contribution in [2.45, 2.75) is 13.3 Å². The van der Waals surface area contributed by atoms with E-state index in [1.165, 1.54) is 12.1 Å². The Morgan fingerprint density at radius 1 is 1.36 bits per heavy atom. The Morgan fingerprint density at radius 2 is 2.12 bits per heavy atom. The second-order valence-corrected chi connectivity index (χ2v) is 5.04. The zero-order chi connectivity index (χ0) is 18.2. The number of carbonyl (C=O) groups is 1. The number of non-ortho nitro benzene ring substituents is 1. The molecule has 0 aromatic heterocycles. The van der Waals surface area contributed by atoms with Gasteiger partial charge in [0, 0.05) is 17.7 Å². The number of hydrogen-bond acceptors (Lipinski definition) is 6. The fourth-order valence-corrected chi connectivity index (χ4v) is 1.97. The quantitative estimate of drug-likeness (QED) is 0.456. The third-order valence-corrected chi connectivity index (χ3v) is 3.19. The second kappa shape index (κ2) is 8.44. The highest BCUT2D eigenvalue weighted by atomic mass is 16.6. The minimum atomic E-state index is -0.587. The molecule has 0 unspecified atom stereocenters. The summed E-state index contributed by atoms with van der Waals surface area (Å²) in [4.78, 5) is 22.4. The molecule has 0 aliphatic heterocycles. The van der Waals surface area contributed by atoms with Gasteiger partial charge in [-0.3, -0.25) is 14.9 Å². The molecule has 130 valence electrons. The van der Waals surface area contributed by atoms with Gasteiger partial charge in [0.15, 0.2) is 0 Å². The lowest BCUT2D eigenvalue weighted by atomic mass is 10.2. The Morgan fingerprint density at radius 3 is 2.84 bits per heavy atom. The Hall–Kier alpha value is -3.42. The average molecular weight is 343 g/mol. The first-order valence-corrected chi connectivity index (χ1v) is 7.55. The summed E-state index contributed by atoms with van der Waals surface area (Å²) in [5.74, 6) is -0.238. The van der Waals surface area contributed by atoms with Crippen LogP contribution in [0.25, 0.3) is 0 Å². The van der Waals surface area contributed by atoms with E-state index in [0.29, 0.717) is 17.9 Å². The summed E-state index contributed by atoms with van der Waals surface area (Å²) < 4.78 is 5.51. The number of ether oxygens (including phenoxy) is 1. The minimum Gasteiger partial charge on any atom is -0.507 e. The number of carbonyl (C=O) groups excluding carboxylic acids is 1. The second-order valence-electron chi connectivity index (χ2n) is 5.04. The van der Waals surface area contributed by atoms with Gasteiger partial charge in [0.25, 0.3) is 11.6 Å². The maximum absolute atomic E-state index is 12.2. The number of hydrogen-bond donors (Lipinski definition) is 2. The fourth-order valence-electron chi connectivity index (χ4n) is 1.97. The summed E-state index contributed by atoms with van der Waals surface area (Å²) in [6.07, 6.45) is 1.94. The van der Waals surface area contributed by atoms with Crippen molar-refractivity contribution in [3.05, 3.63) is 63.7 Å². The number of rotatable bonds is 7. The van der Waals surface area contributed by atoms with Crippen molar-refractivity contribution < 1.29 is 19.6 Å². The van der Waals surface area contributed by atoms with Crippen LogP contribution in [0.3, 0.4) is 0 Å². The molecule has 2 rings (SSSR count). The van der Waals surface area contributed by atoms with Crippen molar-refractivity contribution in [3.8, 4) is 11.5 Å². The van der Waals surface area contributed by atoms with Gasteiger partial charge in [-0.2, -0.15) is 5.10 Å². The maximum atomic E-state index is 12.2. The summed E-state index contributed by atoms with van der Waals surface area (Å²) in [6.45, 7) is 2.44. The number of nitrogens with one attached hydrogen (secondary N) is 1. The molecule has 0 aliphatic rings. The molecular formula is C17H17N3O5.